The zero-order valence-electron chi connectivity index (χ0n) is 10.5. The van der Waals surface area contributed by atoms with Crippen molar-refractivity contribution >= 4 is 0 Å². The zero-order chi connectivity index (χ0) is 12.1. The third kappa shape index (κ3) is 3.47. The van der Waals surface area contributed by atoms with E-state index in [1.165, 1.54) is 37.7 Å². The Morgan fingerprint density at radius 3 is 2.65 bits per heavy atom. The molecule has 0 bridgehead atoms. The van der Waals surface area contributed by atoms with Crippen molar-refractivity contribution in [2.45, 2.75) is 51.0 Å². The fourth-order valence-electron chi connectivity index (χ4n) is 2.57. The Balaban J connectivity index is 2.09. The van der Waals surface area contributed by atoms with Gasteiger partial charge in [0.05, 0.1) is 0 Å². The minimum Gasteiger partial charge on any atom is -0.490 e. The Kier molecular flexibility index (Phi) is 4.43. The van der Waals surface area contributed by atoms with Crippen LogP contribution in [0.3, 0.4) is 0 Å². The van der Waals surface area contributed by atoms with Crippen LogP contribution in [0.5, 0.6) is 5.75 Å². The molecule has 2 nitrogen and oxygen atoms in total. The molecule has 1 aromatic carbocycles. The molecule has 0 heterocycles. The van der Waals surface area contributed by atoms with Crippen LogP contribution in [0.4, 0.5) is 0 Å². The second kappa shape index (κ2) is 6.06. The second-order valence-corrected chi connectivity index (χ2v) is 4.99. The van der Waals surface area contributed by atoms with Crippen molar-refractivity contribution in [2.24, 2.45) is 0 Å². The maximum absolute atomic E-state index is 11.1. The predicted molar refractivity (Wildman–Crippen MR) is 67.9 cm³/mol. The molecule has 0 amide bonds. The smallest absolute Gasteiger partial charge is 0.124 e. The molecule has 0 N–H and O–H groups in total. The van der Waals surface area contributed by atoms with E-state index >= 15 is 0 Å². The van der Waals surface area contributed by atoms with Gasteiger partial charge >= 0.3 is 0 Å². The fourth-order valence-corrected chi connectivity index (χ4v) is 2.57. The first-order valence-electron chi connectivity index (χ1n) is 6.65. The van der Waals surface area contributed by atoms with Gasteiger partial charge in [-0.25, -0.2) is 5.11 Å². The van der Waals surface area contributed by atoms with Crippen molar-refractivity contribution < 1.29 is 9.84 Å². The van der Waals surface area contributed by atoms with Gasteiger partial charge in [0.2, 0.25) is 0 Å². The van der Waals surface area contributed by atoms with Crippen molar-refractivity contribution in [1.29, 1.82) is 0 Å². The molecule has 0 aromatic heterocycles. The Labute approximate surface area is 104 Å². The van der Waals surface area contributed by atoms with Gasteiger partial charge < -0.3 is 4.74 Å². The molecule has 2 rings (SSSR count). The first-order chi connectivity index (χ1) is 8.27. The summed E-state index contributed by atoms with van der Waals surface area (Å²) in [7, 11) is 0. The normalized spacial score (nSPS) is 18.9. The lowest BCUT2D eigenvalue weighted by molar-refractivity contribution is 0.0579. The molecular formula is C15H21O2. The van der Waals surface area contributed by atoms with Crippen molar-refractivity contribution in [3.05, 3.63) is 29.8 Å². The molecule has 1 atom stereocenters. The summed E-state index contributed by atoms with van der Waals surface area (Å²) in [4.78, 5) is 0. The highest BCUT2D eigenvalue weighted by Gasteiger charge is 2.19. The van der Waals surface area contributed by atoms with Gasteiger partial charge in [-0.1, -0.05) is 37.5 Å². The second-order valence-electron chi connectivity index (χ2n) is 4.99. The van der Waals surface area contributed by atoms with Gasteiger partial charge in [0, 0.05) is 0 Å². The molecule has 1 fully saturated rings. The van der Waals surface area contributed by atoms with Crippen LogP contribution < -0.4 is 4.74 Å². The van der Waals surface area contributed by atoms with E-state index in [1.54, 1.807) is 6.92 Å². The summed E-state index contributed by atoms with van der Waals surface area (Å²) < 4.78 is 5.64. The molecule has 17 heavy (non-hydrogen) atoms. The van der Waals surface area contributed by atoms with Gasteiger partial charge in [0.25, 0.3) is 0 Å². The Hall–Kier alpha value is -1.02. The van der Waals surface area contributed by atoms with Crippen molar-refractivity contribution in [2.75, 3.05) is 6.61 Å². The summed E-state index contributed by atoms with van der Waals surface area (Å²) in [5.41, 5.74) is 1.30. The van der Waals surface area contributed by atoms with Crippen molar-refractivity contribution in [3.63, 3.8) is 0 Å². The molecule has 2 heteroatoms. The fraction of sp³-hybridized carbons (Fsp3) is 0.600. The van der Waals surface area contributed by atoms with Crippen LogP contribution >= 0.6 is 0 Å². The average Bonchev–Trinajstić information content (AvgIpc) is 2.38. The average molecular weight is 233 g/mol. The minimum atomic E-state index is -0.658. The van der Waals surface area contributed by atoms with Crippen LogP contribution in [0.2, 0.25) is 0 Å². The van der Waals surface area contributed by atoms with Crippen LogP contribution in [0, 0.1) is 0 Å². The summed E-state index contributed by atoms with van der Waals surface area (Å²) in [5, 5.41) is 11.1. The highest BCUT2D eigenvalue weighted by atomic mass is 16.5. The maximum Gasteiger partial charge on any atom is 0.124 e. The van der Waals surface area contributed by atoms with E-state index in [9.17, 15) is 5.11 Å². The van der Waals surface area contributed by atoms with Gasteiger partial charge in [-0.2, -0.15) is 0 Å². The van der Waals surface area contributed by atoms with Gasteiger partial charge in [0.1, 0.15) is 18.5 Å². The van der Waals surface area contributed by atoms with Crippen LogP contribution in [0.15, 0.2) is 24.3 Å². The minimum absolute atomic E-state index is 0.268. The SMILES string of the molecule is CC([O])COc1ccccc1C1CCCCC1. The molecule has 1 aromatic rings. The molecule has 1 radical (unpaired) electrons. The predicted octanol–water partition coefficient (Wildman–Crippen LogP) is 3.93. The number of rotatable bonds is 4. The number of hydrogen-bond acceptors (Lipinski definition) is 1. The van der Waals surface area contributed by atoms with Gasteiger partial charge in [-0.3, -0.25) is 0 Å². The lowest BCUT2D eigenvalue weighted by Crippen LogP contribution is -2.13. The van der Waals surface area contributed by atoms with E-state index in [0.717, 1.165) is 5.75 Å². The number of hydrogen-bond donors (Lipinski definition) is 0. The molecule has 0 spiro atoms. The van der Waals surface area contributed by atoms with Gasteiger partial charge in [0.15, 0.2) is 0 Å². The standard InChI is InChI=1S/C15H21O2/c1-12(16)11-17-15-10-6-5-9-14(15)13-7-3-2-4-8-13/h5-6,9-10,12-13H,2-4,7-8,11H2,1H3. The molecule has 1 aliphatic rings. The van der Waals surface area contributed by atoms with E-state index in [2.05, 4.69) is 12.1 Å². The zero-order valence-corrected chi connectivity index (χ0v) is 10.5. The van der Waals surface area contributed by atoms with E-state index < -0.39 is 6.10 Å². The van der Waals surface area contributed by atoms with E-state index in [0.29, 0.717) is 5.92 Å². The molecular weight excluding hydrogens is 212 g/mol. The third-order valence-corrected chi connectivity index (χ3v) is 3.44. The molecule has 0 aliphatic heterocycles. The Bertz CT molecular complexity index is 341. The highest BCUT2D eigenvalue weighted by molar-refractivity contribution is 5.36. The van der Waals surface area contributed by atoms with Gasteiger partial charge in [-0.05, 0) is 37.3 Å². The molecule has 93 valence electrons. The molecule has 1 saturated carbocycles. The maximum atomic E-state index is 11.1. The summed E-state index contributed by atoms with van der Waals surface area (Å²) in [5.74, 6) is 1.55. The first kappa shape index (κ1) is 12.4. The molecule has 1 unspecified atom stereocenters. The van der Waals surface area contributed by atoms with Crippen LogP contribution in [0.1, 0.15) is 50.5 Å². The lowest BCUT2D eigenvalue weighted by Gasteiger charge is -2.24. The quantitative estimate of drug-likeness (QED) is 0.774. The van der Waals surface area contributed by atoms with Crippen LogP contribution in [0.25, 0.3) is 0 Å². The Morgan fingerprint density at radius 1 is 1.24 bits per heavy atom. The first-order valence-corrected chi connectivity index (χ1v) is 6.65. The lowest BCUT2D eigenvalue weighted by atomic mass is 9.84. The van der Waals surface area contributed by atoms with Crippen molar-refractivity contribution in [3.8, 4) is 5.75 Å². The number of benzene rings is 1. The summed E-state index contributed by atoms with van der Waals surface area (Å²) in [6.07, 6.45) is 5.85. The summed E-state index contributed by atoms with van der Waals surface area (Å²) >= 11 is 0. The topological polar surface area (TPSA) is 29.1 Å². The Morgan fingerprint density at radius 2 is 1.94 bits per heavy atom. The number of para-hydroxylation sites is 1. The van der Waals surface area contributed by atoms with E-state index in [-0.39, 0.29) is 6.61 Å². The molecule has 1 aliphatic carbocycles. The van der Waals surface area contributed by atoms with Crippen molar-refractivity contribution in [1.82, 2.24) is 0 Å². The highest BCUT2D eigenvalue weighted by Crippen LogP contribution is 2.37. The van der Waals surface area contributed by atoms with E-state index in [4.69, 9.17) is 4.74 Å². The largest absolute Gasteiger partial charge is 0.490 e. The van der Waals surface area contributed by atoms with Crippen LogP contribution in [-0.4, -0.2) is 12.7 Å². The number of ether oxygens (including phenoxy) is 1. The summed E-state index contributed by atoms with van der Waals surface area (Å²) in [6, 6.07) is 8.20. The summed E-state index contributed by atoms with van der Waals surface area (Å²) in [6.45, 7) is 1.91. The third-order valence-electron chi connectivity index (χ3n) is 3.44. The molecule has 0 saturated heterocycles. The van der Waals surface area contributed by atoms with Gasteiger partial charge in [-0.15, -0.1) is 0 Å². The monoisotopic (exact) mass is 233 g/mol. The van der Waals surface area contributed by atoms with E-state index in [1.807, 2.05) is 12.1 Å². The van der Waals surface area contributed by atoms with Crippen LogP contribution in [-0.2, 0) is 5.11 Å².